The maximum absolute atomic E-state index is 14.3. The third-order valence-corrected chi connectivity index (χ3v) is 5.47. The van der Waals surface area contributed by atoms with Crippen molar-refractivity contribution in [2.24, 2.45) is 5.92 Å². The average molecular weight is 410 g/mol. The van der Waals surface area contributed by atoms with Crippen LogP contribution < -0.4 is 4.74 Å². The van der Waals surface area contributed by atoms with Gasteiger partial charge in [0, 0.05) is 5.92 Å². The zero-order valence-corrected chi connectivity index (χ0v) is 16.3. The summed E-state index contributed by atoms with van der Waals surface area (Å²) in [6, 6.07) is 3.60. The van der Waals surface area contributed by atoms with Crippen LogP contribution in [0.2, 0.25) is 0 Å². The van der Waals surface area contributed by atoms with Gasteiger partial charge < -0.3 is 9.47 Å². The lowest BCUT2D eigenvalue weighted by molar-refractivity contribution is 0.0524. The van der Waals surface area contributed by atoms with Gasteiger partial charge in [-0.25, -0.2) is 9.18 Å². The van der Waals surface area contributed by atoms with Crippen molar-refractivity contribution in [3.05, 3.63) is 29.6 Å². The third-order valence-electron chi connectivity index (χ3n) is 4.79. The van der Waals surface area contributed by atoms with E-state index in [2.05, 4.69) is 11.8 Å². The third kappa shape index (κ3) is 5.94. The molecule has 2 saturated carbocycles. The molecule has 0 amide bonds. The van der Waals surface area contributed by atoms with Crippen LogP contribution in [0.25, 0.3) is 0 Å². The van der Waals surface area contributed by atoms with Gasteiger partial charge in [-0.1, -0.05) is 18.3 Å². The molecule has 6 nitrogen and oxygen atoms in total. The molecule has 152 valence electrons. The van der Waals surface area contributed by atoms with E-state index in [0.717, 1.165) is 38.2 Å². The van der Waals surface area contributed by atoms with Crippen LogP contribution in [0.4, 0.5) is 4.39 Å². The predicted molar refractivity (Wildman–Crippen MR) is 100 cm³/mol. The molecule has 0 aliphatic heterocycles. The Hall–Kier alpha value is -2.11. The predicted octanol–water partition coefficient (Wildman–Crippen LogP) is 3.37. The first kappa shape index (κ1) is 20.6. The molecule has 2 aliphatic carbocycles. The van der Waals surface area contributed by atoms with Gasteiger partial charge in [0.1, 0.15) is 12.4 Å². The fourth-order valence-corrected chi connectivity index (χ4v) is 3.37. The van der Waals surface area contributed by atoms with E-state index < -0.39 is 39.9 Å². The molecule has 8 heteroatoms. The molecule has 1 aromatic carbocycles. The maximum atomic E-state index is 14.3. The Balaban J connectivity index is 1.74. The Bertz CT molecular complexity index is 889. The first-order valence-electron chi connectivity index (χ1n) is 9.40. The van der Waals surface area contributed by atoms with Gasteiger partial charge in [-0.3, -0.25) is 4.55 Å². The molecule has 0 unspecified atom stereocenters. The lowest BCUT2D eigenvalue weighted by Gasteiger charge is -2.33. The molecule has 0 aromatic heterocycles. The van der Waals surface area contributed by atoms with Crippen molar-refractivity contribution >= 4 is 16.1 Å². The van der Waals surface area contributed by atoms with E-state index in [1.807, 2.05) is 0 Å². The molecule has 0 saturated heterocycles. The second-order valence-corrected chi connectivity index (χ2v) is 8.84. The van der Waals surface area contributed by atoms with E-state index >= 15 is 0 Å². The van der Waals surface area contributed by atoms with E-state index in [0.29, 0.717) is 18.8 Å². The van der Waals surface area contributed by atoms with Crippen molar-refractivity contribution in [2.75, 3.05) is 12.4 Å². The zero-order chi connectivity index (χ0) is 20.2. The molecule has 2 fully saturated rings. The Labute approximate surface area is 164 Å². The Morgan fingerprint density at radius 3 is 2.61 bits per heavy atom. The van der Waals surface area contributed by atoms with Crippen molar-refractivity contribution in [3.63, 3.8) is 0 Å². The van der Waals surface area contributed by atoms with Crippen LogP contribution in [0.3, 0.4) is 0 Å². The summed E-state index contributed by atoms with van der Waals surface area (Å²) in [5, 5.41) is 0. The highest BCUT2D eigenvalue weighted by atomic mass is 32.2. The first-order chi connectivity index (χ1) is 13.3. The maximum Gasteiger partial charge on any atom is 0.338 e. The number of carbonyl (C=O) groups excluding carboxylic acids is 1. The zero-order valence-electron chi connectivity index (χ0n) is 15.4. The molecular formula is C20H23FO6S. The Morgan fingerprint density at radius 1 is 1.25 bits per heavy atom. The molecule has 1 N–H and O–H groups in total. The first-order valence-corrected chi connectivity index (χ1v) is 11.0. The molecule has 0 radical (unpaired) electrons. The van der Waals surface area contributed by atoms with Crippen LogP contribution in [0.15, 0.2) is 18.2 Å². The van der Waals surface area contributed by atoms with Crippen LogP contribution >= 0.6 is 0 Å². The lowest BCUT2D eigenvalue weighted by Crippen LogP contribution is -2.37. The van der Waals surface area contributed by atoms with Gasteiger partial charge in [-0.05, 0) is 56.7 Å². The van der Waals surface area contributed by atoms with Crippen molar-refractivity contribution in [1.82, 2.24) is 0 Å². The second kappa shape index (κ2) is 8.50. The SMILES string of the molecule is O=C(OCCS(=O)(=O)O)c1ccc(F)c(OC2(C#CC3CC3)CCCCC2)c1. The summed E-state index contributed by atoms with van der Waals surface area (Å²) in [7, 11) is -4.23. The van der Waals surface area contributed by atoms with Gasteiger partial charge in [-0.15, -0.1) is 0 Å². The van der Waals surface area contributed by atoms with Gasteiger partial charge in [0.25, 0.3) is 10.1 Å². The van der Waals surface area contributed by atoms with E-state index in [4.69, 9.17) is 14.0 Å². The average Bonchev–Trinajstić information content (AvgIpc) is 3.46. The second-order valence-electron chi connectivity index (χ2n) is 7.27. The topological polar surface area (TPSA) is 89.9 Å². The fraction of sp³-hybridized carbons (Fsp3) is 0.550. The summed E-state index contributed by atoms with van der Waals surface area (Å²) < 4.78 is 55.3. The summed E-state index contributed by atoms with van der Waals surface area (Å²) in [6.07, 6.45) is 6.55. The summed E-state index contributed by atoms with van der Waals surface area (Å²) in [6.45, 7) is -0.498. The molecule has 2 aliphatic rings. The van der Waals surface area contributed by atoms with E-state index in [-0.39, 0.29) is 11.3 Å². The number of hydrogen-bond donors (Lipinski definition) is 1. The van der Waals surface area contributed by atoms with Gasteiger partial charge in [0.15, 0.2) is 17.2 Å². The molecule has 0 heterocycles. The molecule has 0 bridgehead atoms. The number of rotatable bonds is 6. The highest BCUT2D eigenvalue weighted by Crippen LogP contribution is 2.35. The van der Waals surface area contributed by atoms with E-state index in [1.165, 1.54) is 12.1 Å². The van der Waals surface area contributed by atoms with Crippen molar-refractivity contribution in [3.8, 4) is 17.6 Å². The minimum Gasteiger partial charge on any atom is -0.471 e. The monoisotopic (exact) mass is 410 g/mol. The number of hydrogen-bond acceptors (Lipinski definition) is 5. The summed E-state index contributed by atoms with van der Waals surface area (Å²) in [4.78, 5) is 12.1. The van der Waals surface area contributed by atoms with Crippen LogP contribution in [0.1, 0.15) is 55.3 Å². The number of ether oxygens (including phenoxy) is 2. The molecule has 28 heavy (non-hydrogen) atoms. The minimum absolute atomic E-state index is 0.0350. The Morgan fingerprint density at radius 2 is 1.96 bits per heavy atom. The lowest BCUT2D eigenvalue weighted by atomic mass is 9.85. The number of esters is 1. The van der Waals surface area contributed by atoms with Gasteiger partial charge in [0.2, 0.25) is 0 Å². The van der Waals surface area contributed by atoms with Crippen LogP contribution in [0, 0.1) is 23.6 Å². The summed E-state index contributed by atoms with van der Waals surface area (Å²) >= 11 is 0. The van der Waals surface area contributed by atoms with Crippen molar-refractivity contribution in [1.29, 1.82) is 0 Å². The van der Waals surface area contributed by atoms with E-state index in [1.54, 1.807) is 0 Å². The molecule has 1 aromatic rings. The summed E-state index contributed by atoms with van der Waals surface area (Å²) in [5.41, 5.74) is -0.720. The highest BCUT2D eigenvalue weighted by Gasteiger charge is 2.34. The van der Waals surface area contributed by atoms with Gasteiger partial charge in [0.05, 0.1) is 5.56 Å². The Kier molecular flexibility index (Phi) is 6.26. The molecule has 0 spiro atoms. The highest BCUT2D eigenvalue weighted by molar-refractivity contribution is 7.85. The fourth-order valence-electron chi connectivity index (χ4n) is 3.08. The number of halogens is 1. The van der Waals surface area contributed by atoms with Gasteiger partial charge in [-0.2, -0.15) is 8.42 Å². The van der Waals surface area contributed by atoms with Crippen LogP contribution in [0.5, 0.6) is 5.75 Å². The molecule has 3 rings (SSSR count). The van der Waals surface area contributed by atoms with Gasteiger partial charge >= 0.3 is 5.97 Å². The minimum atomic E-state index is -4.23. The van der Waals surface area contributed by atoms with Crippen LogP contribution in [-0.2, 0) is 14.9 Å². The number of benzene rings is 1. The molecule has 0 atom stereocenters. The standard InChI is InChI=1S/C20H23FO6S/c21-17-7-6-16(19(22)26-12-13-28(23,24)25)14-18(17)27-20(9-2-1-3-10-20)11-8-15-4-5-15/h6-7,14-15H,1-5,9-10,12-13H2,(H,23,24,25). The van der Waals surface area contributed by atoms with Crippen molar-refractivity contribution in [2.45, 2.75) is 50.5 Å². The van der Waals surface area contributed by atoms with Crippen molar-refractivity contribution < 1.29 is 31.6 Å². The normalized spacial score (nSPS) is 18.6. The molecular weight excluding hydrogens is 387 g/mol. The van der Waals surface area contributed by atoms with Crippen LogP contribution in [-0.4, -0.2) is 36.9 Å². The number of carbonyl (C=O) groups is 1. The quantitative estimate of drug-likeness (QED) is 0.439. The largest absolute Gasteiger partial charge is 0.471 e. The van der Waals surface area contributed by atoms with E-state index in [9.17, 15) is 17.6 Å². The smallest absolute Gasteiger partial charge is 0.338 e. The summed E-state index contributed by atoms with van der Waals surface area (Å²) in [5.74, 6) is 4.63.